The lowest BCUT2D eigenvalue weighted by Gasteiger charge is -2.21. The second-order valence-corrected chi connectivity index (χ2v) is 6.11. The Morgan fingerprint density at radius 1 is 1.17 bits per heavy atom. The molecule has 0 spiro atoms. The zero-order chi connectivity index (χ0) is 13.0. The van der Waals surface area contributed by atoms with Crippen molar-refractivity contribution in [1.82, 2.24) is 5.32 Å². The highest BCUT2D eigenvalue weighted by atomic mass is 32.2. The first-order valence-electron chi connectivity index (χ1n) is 6.50. The predicted molar refractivity (Wildman–Crippen MR) is 71.9 cm³/mol. The summed E-state index contributed by atoms with van der Waals surface area (Å²) in [4.78, 5) is 0.196. The van der Waals surface area contributed by atoms with Crippen LogP contribution in [0.3, 0.4) is 0 Å². The number of thioether (sulfide) groups is 1. The van der Waals surface area contributed by atoms with Gasteiger partial charge in [0.05, 0.1) is 4.90 Å². The first-order chi connectivity index (χ1) is 8.70. The minimum atomic E-state index is -0.421. The lowest BCUT2D eigenvalue weighted by Crippen LogP contribution is -2.10. The Morgan fingerprint density at radius 2 is 1.78 bits per heavy atom. The molecule has 18 heavy (non-hydrogen) atoms. The van der Waals surface area contributed by atoms with Gasteiger partial charge in [-0.2, -0.15) is 0 Å². The summed E-state index contributed by atoms with van der Waals surface area (Å²) in [5.41, 5.74) is 0.653. The Bertz CT molecular complexity index is 380. The minimum Gasteiger partial charge on any atom is -0.316 e. The number of benzene rings is 1. The van der Waals surface area contributed by atoms with Crippen LogP contribution in [-0.2, 0) is 6.54 Å². The van der Waals surface area contributed by atoms with Gasteiger partial charge in [-0.05, 0) is 37.6 Å². The second-order valence-electron chi connectivity index (χ2n) is 4.80. The monoisotopic (exact) mass is 271 g/mol. The van der Waals surface area contributed by atoms with Crippen molar-refractivity contribution in [1.29, 1.82) is 0 Å². The van der Waals surface area contributed by atoms with E-state index in [1.54, 1.807) is 7.05 Å². The quantitative estimate of drug-likeness (QED) is 0.884. The van der Waals surface area contributed by atoms with Crippen molar-refractivity contribution in [2.75, 3.05) is 7.05 Å². The van der Waals surface area contributed by atoms with E-state index in [0.717, 1.165) is 12.8 Å². The Hall–Kier alpha value is -0.610. The zero-order valence-corrected chi connectivity index (χ0v) is 11.5. The largest absolute Gasteiger partial charge is 0.316 e. The van der Waals surface area contributed by atoms with Crippen LogP contribution in [0.2, 0.25) is 0 Å². The molecule has 0 saturated heterocycles. The van der Waals surface area contributed by atoms with Gasteiger partial charge in [0.1, 0.15) is 11.6 Å². The fraction of sp³-hybridized carbons (Fsp3) is 0.571. The lowest BCUT2D eigenvalue weighted by atomic mass is 10.0. The molecule has 1 nitrogen and oxygen atoms in total. The SMILES string of the molecule is CNCc1cc(F)c(SC2CCCCC2)c(F)c1. The van der Waals surface area contributed by atoms with Gasteiger partial charge >= 0.3 is 0 Å². The summed E-state index contributed by atoms with van der Waals surface area (Å²) < 4.78 is 27.8. The molecule has 1 aromatic rings. The molecule has 4 heteroatoms. The van der Waals surface area contributed by atoms with E-state index in [2.05, 4.69) is 5.32 Å². The molecule has 1 saturated carbocycles. The highest BCUT2D eigenvalue weighted by Gasteiger charge is 2.19. The summed E-state index contributed by atoms with van der Waals surface area (Å²) in [7, 11) is 1.76. The summed E-state index contributed by atoms with van der Waals surface area (Å²) in [5.74, 6) is -0.841. The molecule has 0 amide bonds. The number of hydrogen-bond donors (Lipinski definition) is 1. The van der Waals surface area contributed by atoms with Crippen LogP contribution in [0.15, 0.2) is 17.0 Å². The fourth-order valence-corrected chi connectivity index (χ4v) is 3.63. The van der Waals surface area contributed by atoms with Crippen LogP contribution >= 0.6 is 11.8 Å². The van der Waals surface area contributed by atoms with E-state index in [4.69, 9.17) is 0 Å². The van der Waals surface area contributed by atoms with Crippen LogP contribution < -0.4 is 5.32 Å². The summed E-state index contributed by atoms with van der Waals surface area (Å²) in [6.07, 6.45) is 5.75. The Kier molecular flexibility index (Phi) is 5.01. The lowest BCUT2D eigenvalue weighted by molar-refractivity contribution is 0.508. The van der Waals surface area contributed by atoms with Gasteiger partial charge in [0.15, 0.2) is 0 Å². The third-order valence-corrected chi connectivity index (χ3v) is 4.71. The summed E-state index contributed by atoms with van der Waals surface area (Å²) in [6, 6.07) is 2.87. The maximum absolute atomic E-state index is 13.9. The first kappa shape index (κ1) is 13.8. The normalized spacial score (nSPS) is 17.1. The topological polar surface area (TPSA) is 12.0 Å². The molecule has 0 atom stereocenters. The zero-order valence-electron chi connectivity index (χ0n) is 10.6. The van der Waals surface area contributed by atoms with Gasteiger partial charge in [-0.15, -0.1) is 11.8 Å². The molecule has 1 aliphatic carbocycles. The van der Waals surface area contributed by atoms with E-state index in [1.165, 1.54) is 43.2 Å². The molecular weight excluding hydrogens is 252 g/mol. The summed E-state index contributed by atoms with van der Waals surface area (Å²) in [6.45, 7) is 0.488. The molecule has 2 rings (SSSR count). The predicted octanol–water partition coefficient (Wildman–Crippen LogP) is 4.11. The highest BCUT2D eigenvalue weighted by molar-refractivity contribution is 8.00. The Balaban J connectivity index is 2.11. The number of hydrogen-bond acceptors (Lipinski definition) is 2. The molecule has 1 N–H and O–H groups in total. The maximum Gasteiger partial charge on any atom is 0.140 e. The number of halogens is 2. The molecule has 100 valence electrons. The molecule has 1 aromatic carbocycles. The number of rotatable bonds is 4. The molecule has 0 radical (unpaired) electrons. The molecular formula is C14H19F2NS. The van der Waals surface area contributed by atoms with Gasteiger partial charge in [-0.3, -0.25) is 0 Å². The smallest absolute Gasteiger partial charge is 0.140 e. The number of nitrogens with one attached hydrogen (secondary N) is 1. The van der Waals surface area contributed by atoms with Gasteiger partial charge in [0.2, 0.25) is 0 Å². The Morgan fingerprint density at radius 3 is 2.33 bits per heavy atom. The third-order valence-electron chi connectivity index (χ3n) is 3.28. The molecule has 1 fully saturated rings. The van der Waals surface area contributed by atoms with Crippen LogP contribution in [0.1, 0.15) is 37.7 Å². The van der Waals surface area contributed by atoms with E-state index < -0.39 is 11.6 Å². The van der Waals surface area contributed by atoms with Crippen LogP contribution in [0.5, 0.6) is 0 Å². The van der Waals surface area contributed by atoms with Crippen molar-refractivity contribution in [2.24, 2.45) is 0 Å². The molecule has 0 aromatic heterocycles. The second kappa shape index (κ2) is 6.53. The van der Waals surface area contributed by atoms with Crippen molar-refractivity contribution < 1.29 is 8.78 Å². The highest BCUT2D eigenvalue weighted by Crippen LogP contribution is 2.36. The first-order valence-corrected chi connectivity index (χ1v) is 7.38. The van der Waals surface area contributed by atoms with E-state index in [9.17, 15) is 8.78 Å². The molecule has 0 heterocycles. The van der Waals surface area contributed by atoms with Gasteiger partial charge in [0.25, 0.3) is 0 Å². The van der Waals surface area contributed by atoms with Crippen molar-refractivity contribution in [3.8, 4) is 0 Å². The molecule has 0 unspecified atom stereocenters. The standard InChI is InChI=1S/C14H19F2NS/c1-17-9-10-7-12(15)14(13(16)8-10)18-11-5-3-2-4-6-11/h7-8,11,17H,2-6,9H2,1H3. The van der Waals surface area contributed by atoms with Gasteiger partial charge in [-0.25, -0.2) is 8.78 Å². The van der Waals surface area contributed by atoms with Crippen molar-refractivity contribution in [3.63, 3.8) is 0 Å². The maximum atomic E-state index is 13.9. The fourth-order valence-electron chi connectivity index (χ4n) is 2.38. The Labute approximate surface area is 111 Å². The van der Waals surface area contributed by atoms with Crippen molar-refractivity contribution in [3.05, 3.63) is 29.3 Å². The third kappa shape index (κ3) is 3.45. The van der Waals surface area contributed by atoms with Crippen LogP contribution in [0, 0.1) is 11.6 Å². The van der Waals surface area contributed by atoms with Crippen molar-refractivity contribution >= 4 is 11.8 Å². The summed E-state index contributed by atoms with van der Waals surface area (Å²) >= 11 is 1.37. The van der Waals surface area contributed by atoms with E-state index in [1.807, 2.05) is 0 Å². The van der Waals surface area contributed by atoms with Crippen LogP contribution in [0.25, 0.3) is 0 Å². The molecule has 0 bridgehead atoms. The van der Waals surface area contributed by atoms with Crippen molar-refractivity contribution in [2.45, 2.75) is 48.8 Å². The minimum absolute atomic E-state index is 0.196. The summed E-state index contributed by atoms with van der Waals surface area (Å²) in [5, 5.41) is 3.27. The van der Waals surface area contributed by atoms with Gasteiger partial charge in [0, 0.05) is 11.8 Å². The average Bonchev–Trinajstić information content (AvgIpc) is 2.36. The average molecular weight is 271 g/mol. The van der Waals surface area contributed by atoms with Gasteiger partial charge < -0.3 is 5.32 Å². The van der Waals surface area contributed by atoms with E-state index in [0.29, 0.717) is 17.4 Å². The molecule has 1 aliphatic rings. The van der Waals surface area contributed by atoms with E-state index in [-0.39, 0.29) is 4.90 Å². The van der Waals surface area contributed by atoms with Gasteiger partial charge in [-0.1, -0.05) is 19.3 Å². The van der Waals surface area contributed by atoms with Crippen LogP contribution in [-0.4, -0.2) is 12.3 Å². The van der Waals surface area contributed by atoms with E-state index >= 15 is 0 Å². The van der Waals surface area contributed by atoms with Crippen LogP contribution in [0.4, 0.5) is 8.78 Å². The molecule has 0 aliphatic heterocycles.